The van der Waals surface area contributed by atoms with E-state index >= 15 is 0 Å². The monoisotopic (exact) mass is 349 g/mol. The molecule has 0 aromatic carbocycles. The molecule has 0 amide bonds. The Balaban J connectivity index is 0.000000720. The summed E-state index contributed by atoms with van der Waals surface area (Å²) in [5.41, 5.74) is 12.5. The molecule has 2 nitrogen and oxygen atoms in total. The average Bonchev–Trinajstić information content (AvgIpc) is 2.48. The van der Waals surface area contributed by atoms with Crippen molar-refractivity contribution >= 4 is 0 Å². The van der Waals surface area contributed by atoms with Crippen LogP contribution in [0.5, 0.6) is 0 Å². The van der Waals surface area contributed by atoms with Crippen molar-refractivity contribution in [1.29, 1.82) is 0 Å². The Hall–Kier alpha value is 0.608. The van der Waals surface area contributed by atoms with E-state index in [0.29, 0.717) is 17.5 Å². The van der Waals surface area contributed by atoms with Gasteiger partial charge in [0.2, 0.25) is 0 Å². The van der Waals surface area contributed by atoms with Crippen molar-refractivity contribution in [2.24, 2.45) is 16.9 Å². The zero-order valence-electron chi connectivity index (χ0n) is 7.37. The van der Waals surface area contributed by atoms with Gasteiger partial charge in [0.05, 0.1) is 0 Å². The van der Waals surface area contributed by atoms with Gasteiger partial charge in [-0.15, -0.1) is 0 Å². The fourth-order valence-electron chi connectivity index (χ4n) is 3.02. The second-order valence-corrected chi connectivity index (χ2v) is 4.23. The summed E-state index contributed by atoms with van der Waals surface area (Å²) in [7, 11) is 0. The molecular formula is C9H18N2Pt. The fourth-order valence-corrected chi connectivity index (χ4v) is 3.02. The average molecular weight is 349 g/mol. The molecular weight excluding hydrogens is 331 g/mol. The van der Waals surface area contributed by atoms with Gasteiger partial charge in [0.1, 0.15) is 0 Å². The first-order valence-corrected chi connectivity index (χ1v) is 4.77. The van der Waals surface area contributed by atoms with Crippen LogP contribution in [-0.2, 0) is 21.1 Å². The number of rotatable bonds is 0. The van der Waals surface area contributed by atoms with Crippen molar-refractivity contribution in [2.45, 2.75) is 50.6 Å². The van der Waals surface area contributed by atoms with Crippen LogP contribution in [0.3, 0.4) is 0 Å². The maximum Gasteiger partial charge on any atom is 0.0110 e. The maximum absolute atomic E-state index is 6.09. The van der Waals surface area contributed by atoms with Crippen molar-refractivity contribution < 1.29 is 21.1 Å². The van der Waals surface area contributed by atoms with Crippen LogP contribution < -0.4 is 11.5 Å². The SMILES string of the molecule is N[C@H]1CCCC12CCC[C@@H]2N.[Pt]. The van der Waals surface area contributed by atoms with E-state index in [9.17, 15) is 0 Å². The summed E-state index contributed by atoms with van der Waals surface area (Å²) < 4.78 is 0. The number of hydrogen-bond donors (Lipinski definition) is 2. The Morgan fingerprint density at radius 2 is 1.33 bits per heavy atom. The summed E-state index contributed by atoms with van der Waals surface area (Å²) in [4.78, 5) is 0. The van der Waals surface area contributed by atoms with E-state index in [-0.39, 0.29) is 21.1 Å². The molecule has 2 fully saturated rings. The number of nitrogens with two attached hydrogens (primary N) is 2. The molecule has 2 saturated carbocycles. The van der Waals surface area contributed by atoms with E-state index in [2.05, 4.69) is 0 Å². The van der Waals surface area contributed by atoms with Crippen molar-refractivity contribution in [2.75, 3.05) is 0 Å². The van der Waals surface area contributed by atoms with Crippen molar-refractivity contribution in [3.8, 4) is 0 Å². The molecule has 0 aromatic rings. The largest absolute Gasteiger partial charge is 0.327 e. The molecule has 0 bridgehead atoms. The molecule has 0 aromatic heterocycles. The zero-order valence-corrected chi connectivity index (χ0v) is 9.64. The molecule has 2 rings (SSSR count). The van der Waals surface area contributed by atoms with Gasteiger partial charge in [-0.3, -0.25) is 0 Å². The molecule has 0 unspecified atom stereocenters. The van der Waals surface area contributed by atoms with Gasteiger partial charge in [0, 0.05) is 38.6 Å². The second kappa shape index (κ2) is 3.77. The van der Waals surface area contributed by atoms with Crippen molar-refractivity contribution in [1.82, 2.24) is 0 Å². The van der Waals surface area contributed by atoms with E-state index in [1.165, 1.54) is 38.5 Å². The first-order valence-electron chi connectivity index (χ1n) is 4.77. The zero-order chi connectivity index (χ0) is 7.90. The molecule has 2 aliphatic carbocycles. The van der Waals surface area contributed by atoms with Crippen LogP contribution >= 0.6 is 0 Å². The van der Waals surface area contributed by atoms with Crippen molar-refractivity contribution in [3.63, 3.8) is 0 Å². The van der Waals surface area contributed by atoms with Crippen LogP contribution in [0.2, 0.25) is 0 Å². The van der Waals surface area contributed by atoms with Gasteiger partial charge in [-0.1, -0.05) is 12.8 Å². The Morgan fingerprint density at radius 3 is 1.58 bits per heavy atom. The normalized spacial score (nSPS) is 38.5. The summed E-state index contributed by atoms with van der Waals surface area (Å²) in [6, 6.07) is 0.806. The van der Waals surface area contributed by atoms with Gasteiger partial charge >= 0.3 is 0 Å². The molecule has 74 valence electrons. The standard InChI is InChI=1S/C9H18N2.Pt/c10-7-3-1-5-9(7)6-2-4-8(9)11;/h7-8H,1-6,10-11H2;/t7-,8-,9?;/m0./s1. The van der Waals surface area contributed by atoms with Gasteiger partial charge in [-0.2, -0.15) is 0 Å². The first kappa shape index (κ1) is 10.7. The van der Waals surface area contributed by atoms with E-state index in [1.807, 2.05) is 0 Å². The minimum Gasteiger partial charge on any atom is -0.327 e. The molecule has 2 aliphatic rings. The van der Waals surface area contributed by atoms with Crippen LogP contribution in [0.4, 0.5) is 0 Å². The van der Waals surface area contributed by atoms with Crippen LogP contribution in [0.15, 0.2) is 0 Å². The molecule has 1 spiro atoms. The summed E-state index contributed by atoms with van der Waals surface area (Å²) in [6.07, 6.45) is 7.58. The van der Waals surface area contributed by atoms with Gasteiger partial charge in [-0.05, 0) is 25.7 Å². The second-order valence-electron chi connectivity index (χ2n) is 4.23. The third kappa shape index (κ3) is 1.38. The molecule has 0 aliphatic heterocycles. The third-order valence-corrected chi connectivity index (χ3v) is 3.79. The van der Waals surface area contributed by atoms with Crippen LogP contribution in [-0.4, -0.2) is 12.1 Å². The minimum absolute atomic E-state index is 0. The third-order valence-electron chi connectivity index (χ3n) is 3.79. The van der Waals surface area contributed by atoms with Gasteiger partial charge in [0.25, 0.3) is 0 Å². The maximum atomic E-state index is 6.09. The Morgan fingerprint density at radius 1 is 0.917 bits per heavy atom. The summed E-state index contributed by atoms with van der Waals surface area (Å²) >= 11 is 0. The van der Waals surface area contributed by atoms with Gasteiger partial charge < -0.3 is 11.5 Å². The predicted molar refractivity (Wildman–Crippen MR) is 46.1 cm³/mol. The van der Waals surface area contributed by atoms with Gasteiger partial charge in [-0.25, -0.2) is 0 Å². The quantitative estimate of drug-likeness (QED) is 0.685. The minimum atomic E-state index is 0. The summed E-state index contributed by atoms with van der Waals surface area (Å²) in [6.45, 7) is 0. The van der Waals surface area contributed by atoms with E-state index in [0.717, 1.165) is 0 Å². The van der Waals surface area contributed by atoms with E-state index < -0.39 is 0 Å². The summed E-state index contributed by atoms with van der Waals surface area (Å²) in [5.74, 6) is 0. The molecule has 4 N–H and O–H groups in total. The Kier molecular flexibility index (Phi) is 3.36. The molecule has 0 heterocycles. The molecule has 0 radical (unpaired) electrons. The molecule has 2 atom stereocenters. The topological polar surface area (TPSA) is 52.0 Å². The van der Waals surface area contributed by atoms with Crippen LogP contribution in [0.1, 0.15) is 38.5 Å². The number of hydrogen-bond acceptors (Lipinski definition) is 2. The van der Waals surface area contributed by atoms with E-state index in [4.69, 9.17) is 11.5 Å². The fraction of sp³-hybridized carbons (Fsp3) is 1.00. The van der Waals surface area contributed by atoms with Gasteiger partial charge in [0.15, 0.2) is 0 Å². The molecule has 3 heteroatoms. The smallest absolute Gasteiger partial charge is 0.0110 e. The first-order chi connectivity index (χ1) is 5.26. The van der Waals surface area contributed by atoms with Crippen LogP contribution in [0, 0.1) is 5.41 Å². The van der Waals surface area contributed by atoms with Crippen molar-refractivity contribution in [3.05, 3.63) is 0 Å². The molecule has 0 saturated heterocycles. The summed E-state index contributed by atoms with van der Waals surface area (Å²) in [5, 5.41) is 0. The Labute approximate surface area is 88.7 Å². The molecule has 12 heavy (non-hydrogen) atoms. The van der Waals surface area contributed by atoms with Crippen LogP contribution in [0.25, 0.3) is 0 Å². The Bertz CT molecular complexity index is 143. The van der Waals surface area contributed by atoms with E-state index in [1.54, 1.807) is 0 Å². The predicted octanol–water partition coefficient (Wildman–Crippen LogP) is 0.993.